The summed E-state index contributed by atoms with van der Waals surface area (Å²) in [5.74, 6) is -0.681. The summed E-state index contributed by atoms with van der Waals surface area (Å²) in [6.07, 6.45) is 4.99. The van der Waals surface area contributed by atoms with E-state index in [2.05, 4.69) is 20.9 Å². The largest absolute Gasteiger partial charge is 0.478 e. The van der Waals surface area contributed by atoms with Gasteiger partial charge >= 0.3 is 5.97 Å². The van der Waals surface area contributed by atoms with Gasteiger partial charge in [0.1, 0.15) is 11.4 Å². The molecule has 0 saturated carbocycles. The first-order valence-corrected chi connectivity index (χ1v) is 4.92. The molecule has 0 aromatic carbocycles. The summed E-state index contributed by atoms with van der Waals surface area (Å²) in [6.45, 7) is 0. The highest BCUT2D eigenvalue weighted by atomic mass is 79.9. The van der Waals surface area contributed by atoms with Gasteiger partial charge in [0.25, 0.3) is 0 Å². The van der Waals surface area contributed by atoms with Crippen molar-refractivity contribution >= 4 is 27.7 Å². The number of hydrogen-bond donors (Lipinski definition) is 2. The van der Waals surface area contributed by atoms with Gasteiger partial charge in [0, 0.05) is 12.4 Å². The zero-order valence-corrected chi connectivity index (χ0v) is 9.05. The SMILES string of the molecule is O=C(O)C1=CN=C2C(Br)=CC=CN2C1O. The van der Waals surface area contributed by atoms with Crippen LogP contribution in [-0.4, -0.2) is 33.1 Å². The highest BCUT2D eigenvalue weighted by Gasteiger charge is 2.31. The molecule has 6 heteroatoms. The maximum Gasteiger partial charge on any atom is 0.337 e. The van der Waals surface area contributed by atoms with Crippen molar-refractivity contribution in [3.05, 3.63) is 34.6 Å². The van der Waals surface area contributed by atoms with Gasteiger partial charge in [-0.05, 0) is 28.1 Å². The maximum absolute atomic E-state index is 10.7. The van der Waals surface area contributed by atoms with E-state index in [1.54, 1.807) is 18.4 Å². The molecule has 2 heterocycles. The Bertz CT molecular complexity index is 437. The van der Waals surface area contributed by atoms with E-state index in [0.29, 0.717) is 10.3 Å². The summed E-state index contributed by atoms with van der Waals surface area (Å²) >= 11 is 3.26. The molecule has 2 N–H and O–H groups in total. The molecule has 0 amide bonds. The topological polar surface area (TPSA) is 73.1 Å². The minimum Gasteiger partial charge on any atom is -0.478 e. The van der Waals surface area contributed by atoms with Gasteiger partial charge in [-0.25, -0.2) is 9.79 Å². The molecule has 0 bridgehead atoms. The van der Waals surface area contributed by atoms with Crippen molar-refractivity contribution in [2.75, 3.05) is 0 Å². The molecule has 0 radical (unpaired) electrons. The molecule has 2 aliphatic heterocycles. The van der Waals surface area contributed by atoms with E-state index in [1.807, 2.05) is 0 Å². The number of hydrogen-bond acceptors (Lipinski definition) is 4. The maximum atomic E-state index is 10.7. The Kier molecular flexibility index (Phi) is 2.45. The molecule has 5 nitrogen and oxygen atoms in total. The molecule has 0 spiro atoms. The first-order chi connectivity index (χ1) is 7.11. The van der Waals surface area contributed by atoms with Crippen LogP contribution in [-0.2, 0) is 4.79 Å². The number of carboxylic acids is 1. The fourth-order valence-corrected chi connectivity index (χ4v) is 1.79. The summed E-state index contributed by atoms with van der Waals surface area (Å²) in [4.78, 5) is 16.1. The number of aliphatic imine (C=N–C) groups is 1. The van der Waals surface area contributed by atoms with Crippen LogP contribution in [0, 0.1) is 0 Å². The van der Waals surface area contributed by atoms with E-state index < -0.39 is 12.2 Å². The number of fused-ring (bicyclic) bond motifs is 1. The second kappa shape index (κ2) is 3.63. The van der Waals surface area contributed by atoms with Crippen LogP contribution in [0.3, 0.4) is 0 Å². The highest BCUT2D eigenvalue weighted by Crippen LogP contribution is 2.24. The lowest BCUT2D eigenvalue weighted by molar-refractivity contribution is -0.134. The highest BCUT2D eigenvalue weighted by molar-refractivity contribution is 9.12. The van der Waals surface area contributed by atoms with Gasteiger partial charge in [0.05, 0.1) is 4.48 Å². The lowest BCUT2D eigenvalue weighted by Gasteiger charge is -2.31. The fourth-order valence-electron chi connectivity index (χ4n) is 1.33. The number of halogens is 1. The molecule has 0 aliphatic carbocycles. The molecule has 1 atom stereocenters. The zero-order valence-electron chi connectivity index (χ0n) is 7.46. The van der Waals surface area contributed by atoms with Crippen LogP contribution in [0.4, 0.5) is 0 Å². The number of rotatable bonds is 1. The zero-order chi connectivity index (χ0) is 11.0. The molecule has 15 heavy (non-hydrogen) atoms. The first kappa shape index (κ1) is 10.1. The minimum absolute atomic E-state index is 0.148. The van der Waals surface area contributed by atoms with Gasteiger partial charge in [-0.15, -0.1) is 0 Å². The average molecular weight is 271 g/mol. The Morgan fingerprint density at radius 1 is 1.60 bits per heavy atom. The quantitative estimate of drug-likeness (QED) is 0.739. The Hall–Kier alpha value is -1.40. The predicted molar refractivity (Wildman–Crippen MR) is 57.1 cm³/mol. The third kappa shape index (κ3) is 1.62. The van der Waals surface area contributed by atoms with Crippen LogP contribution in [0.1, 0.15) is 0 Å². The van der Waals surface area contributed by atoms with Crippen LogP contribution in [0.2, 0.25) is 0 Å². The molecule has 0 fully saturated rings. The summed E-state index contributed by atoms with van der Waals surface area (Å²) < 4.78 is 0.699. The molecule has 1 unspecified atom stereocenters. The number of carboxylic acid groups (broad SMARTS) is 1. The molecule has 0 saturated heterocycles. The number of allylic oxidation sites excluding steroid dienone is 2. The molecule has 0 aromatic heterocycles. The molecular formula is C9H7BrN2O3. The standard InChI is InChI=1S/C9H7BrN2O3/c10-6-2-1-3-12-7(6)11-4-5(8(12)13)9(14)15/h1-4,8,13H,(H,14,15). The van der Waals surface area contributed by atoms with E-state index in [4.69, 9.17) is 5.11 Å². The Labute approximate surface area is 93.9 Å². The summed E-state index contributed by atoms with van der Waals surface area (Å²) in [5.41, 5.74) is -0.148. The monoisotopic (exact) mass is 270 g/mol. The third-order valence-electron chi connectivity index (χ3n) is 2.06. The molecular weight excluding hydrogens is 264 g/mol. The van der Waals surface area contributed by atoms with E-state index in [0.717, 1.165) is 6.20 Å². The van der Waals surface area contributed by atoms with Crippen molar-refractivity contribution < 1.29 is 15.0 Å². The Morgan fingerprint density at radius 2 is 2.33 bits per heavy atom. The number of aliphatic hydroxyl groups is 1. The normalized spacial score (nSPS) is 24.0. The van der Waals surface area contributed by atoms with E-state index in [9.17, 15) is 9.90 Å². The number of aliphatic carboxylic acids is 1. The first-order valence-electron chi connectivity index (χ1n) is 4.13. The van der Waals surface area contributed by atoms with Crippen molar-refractivity contribution in [2.24, 2.45) is 4.99 Å². The summed E-state index contributed by atoms with van der Waals surface area (Å²) in [7, 11) is 0. The Balaban J connectivity index is 2.44. The van der Waals surface area contributed by atoms with Crippen LogP contribution in [0.5, 0.6) is 0 Å². The van der Waals surface area contributed by atoms with Crippen LogP contribution < -0.4 is 0 Å². The minimum atomic E-state index is -1.20. The van der Waals surface area contributed by atoms with Crippen LogP contribution in [0.15, 0.2) is 39.6 Å². The van der Waals surface area contributed by atoms with E-state index >= 15 is 0 Å². The summed E-state index contributed by atoms with van der Waals surface area (Å²) in [5, 5.41) is 18.5. The molecule has 78 valence electrons. The number of amidine groups is 1. The van der Waals surface area contributed by atoms with E-state index in [-0.39, 0.29) is 5.57 Å². The molecule has 2 rings (SSSR count). The third-order valence-corrected chi connectivity index (χ3v) is 2.68. The second-order valence-electron chi connectivity index (χ2n) is 2.98. The van der Waals surface area contributed by atoms with E-state index in [1.165, 1.54) is 4.90 Å². The van der Waals surface area contributed by atoms with Crippen LogP contribution in [0.25, 0.3) is 0 Å². The number of nitrogens with zero attached hydrogens (tertiary/aromatic N) is 2. The van der Waals surface area contributed by atoms with Gasteiger partial charge in [-0.3, -0.25) is 0 Å². The van der Waals surface area contributed by atoms with Gasteiger partial charge in [0.2, 0.25) is 0 Å². The van der Waals surface area contributed by atoms with Crippen LogP contribution >= 0.6 is 15.9 Å². The van der Waals surface area contributed by atoms with Crippen molar-refractivity contribution in [3.8, 4) is 0 Å². The predicted octanol–water partition coefficient (Wildman–Crippen LogP) is 0.794. The smallest absolute Gasteiger partial charge is 0.337 e. The van der Waals surface area contributed by atoms with Crippen molar-refractivity contribution in [1.29, 1.82) is 0 Å². The van der Waals surface area contributed by atoms with Gasteiger partial charge in [0.15, 0.2) is 6.23 Å². The van der Waals surface area contributed by atoms with Crippen molar-refractivity contribution in [3.63, 3.8) is 0 Å². The average Bonchev–Trinajstić information content (AvgIpc) is 2.19. The molecule has 2 aliphatic rings. The van der Waals surface area contributed by atoms with Gasteiger partial charge in [-0.2, -0.15) is 0 Å². The Morgan fingerprint density at radius 3 is 3.00 bits per heavy atom. The van der Waals surface area contributed by atoms with Crippen molar-refractivity contribution in [1.82, 2.24) is 4.90 Å². The lowest BCUT2D eigenvalue weighted by Crippen LogP contribution is -2.42. The molecule has 0 aromatic rings. The lowest BCUT2D eigenvalue weighted by atomic mass is 10.2. The van der Waals surface area contributed by atoms with Gasteiger partial charge in [-0.1, -0.05) is 0 Å². The second-order valence-corrected chi connectivity index (χ2v) is 3.83. The number of aliphatic hydroxyl groups excluding tert-OH is 1. The van der Waals surface area contributed by atoms with Gasteiger partial charge < -0.3 is 15.1 Å². The fraction of sp³-hybridized carbons (Fsp3) is 0.111. The van der Waals surface area contributed by atoms with Crippen molar-refractivity contribution in [2.45, 2.75) is 6.23 Å². The summed E-state index contributed by atoms with van der Waals surface area (Å²) in [6, 6.07) is 0. The number of carbonyl (C=O) groups is 1.